The SMILES string of the molecule is COc1cccc(COC(=O)CC2CC3CCC(C2)N3)c1. The molecule has 2 fully saturated rings. The van der Waals surface area contributed by atoms with Crippen molar-refractivity contribution in [3.05, 3.63) is 29.8 Å². The summed E-state index contributed by atoms with van der Waals surface area (Å²) in [4.78, 5) is 12.0. The van der Waals surface area contributed by atoms with E-state index >= 15 is 0 Å². The number of rotatable bonds is 5. The number of ether oxygens (including phenoxy) is 2. The molecule has 0 amide bonds. The number of esters is 1. The topological polar surface area (TPSA) is 47.6 Å². The lowest BCUT2D eigenvalue weighted by Crippen LogP contribution is -2.38. The molecule has 3 rings (SSSR count). The van der Waals surface area contributed by atoms with E-state index in [-0.39, 0.29) is 5.97 Å². The molecule has 1 aromatic carbocycles. The molecule has 2 atom stereocenters. The van der Waals surface area contributed by atoms with E-state index in [1.807, 2.05) is 24.3 Å². The summed E-state index contributed by atoms with van der Waals surface area (Å²) in [5, 5.41) is 3.60. The average Bonchev–Trinajstić information content (AvgIpc) is 2.84. The summed E-state index contributed by atoms with van der Waals surface area (Å²) in [6.07, 6.45) is 5.31. The number of nitrogens with one attached hydrogen (secondary N) is 1. The molecule has 2 saturated heterocycles. The molecule has 2 unspecified atom stereocenters. The molecule has 0 aliphatic carbocycles. The summed E-state index contributed by atoms with van der Waals surface area (Å²) < 4.78 is 10.6. The fourth-order valence-electron chi connectivity index (χ4n) is 3.56. The van der Waals surface area contributed by atoms with E-state index in [9.17, 15) is 4.79 Å². The first-order valence-corrected chi connectivity index (χ1v) is 7.77. The summed E-state index contributed by atoms with van der Waals surface area (Å²) >= 11 is 0. The lowest BCUT2D eigenvalue weighted by molar-refractivity contribution is -0.146. The van der Waals surface area contributed by atoms with Crippen LogP contribution in [-0.2, 0) is 16.1 Å². The zero-order valence-corrected chi connectivity index (χ0v) is 12.5. The highest BCUT2D eigenvalue weighted by Crippen LogP contribution is 2.32. The monoisotopic (exact) mass is 289 g/mol. The zero-order chi connectivity index (χ0) is 14.7. The van der Waals surface area contributed by atoms with Crippen LogP contribution in [0.25, 0.3) is 0 Å². The highest BCUT2D eigenvalue weighted by molar-refractivity contribution is 5.69. The van der Waals surface area contributed by atoms with Gasteiger partial charge in [0.2, 0.25) is 0 Å². The van der Waals surface area contributed by atoms with Gasteiger partial charge in [-0.1, -0.05) is 12.1 Å². The van der Waals surface area contributed by atoms with Crippen LogP contribution in [0.4, 0.5) is 0 Å². The molecule has 1 N–H and O–H groups in total. The first-order valence-electron chi connectivity index (χ1n) is 7.77. The maximum atomic E-state index is 12.0. The van der Waals surface area contributed by atoms with Gasteiger partial charge >= 0.3 is 5.97 Å². The van der Waals surface area contributed by atoms with Crippen molar-refractivity contribution in [2.75, 3.05) is 7.11 Å². The molecule has 0 spiro atoms. The summed E-state index contributed by atoms with van der Waals surface area (Å²) in [6, 6.07) is 8.89. The van der Waals surface area contributed by atoms with Crippen molar-refractivity contribution in [2.45, 2.75) is 50.8 Å². The van der Waals surface area contributed by atoms with Crippen LogP contribution in [0.3, 0.4) is 0 Å². The Balaban J connectivity index is 1.46. The molecule has 0 aromatic heterocycles. The van der Waals surface area contributed by atoms with Gasteiger partial charge in [0.05, 0.1) is 7.11 Å². The van der Waals surface area contributed by atoms with Gasteiger partial charge in [0.1, 0.15) is 12.4 Å². The summed E-state index contributed by atoms with van der Waals surface area (Å²) in [6.45, 7) is 0.327. The number of carbonyl (C=O) groups is 1. The maximum Gasteiger partial charge on any atom is 0.306 e. The van der Waals surface area contributed by atoms with Crippen molar-refractivity contribution in [3.8, 4) is 5.75 Å². The Morgan fingerprint density at radius 1 is 1.29 bits per heavy atom. The Morgan fingerprint density at radius 2 is 2.05 bits per heavy atom. The Labute approximate surface area is 125 Å². The minimum absolute atomic E-state index is 0.0795. The van der Waals surface area contributed by atoms with E-state index in [0.29, 0.717) is 31.0 Å². The van der Waals surface area contributed by atoms with Crippen LogP contribution in [0.2, 0.25) is 0 Å². The third-order valence-electron chi connectivity index (χ3n) is 4.56. The van der Waals surface area contributed by atoms with Crippen molar-refractivity contribution in [1.82, 2.24) is 5.32 Å². The lowest BCUT2D eigenvalue weighted by atomic mass is 9.90. The third-order valence-corrected chi connectivity index (χ3v) is 4.56. The molecule has 2 aliphatic rings. The first kappa shape index (κ1) is 14.4. The highest BCUT2D eigenvalue weighted by atomic mass is 16.5. The van der Waals surface area contributed by atoms with E-state index in [1.165, 1.54) is 12.8 Å². The van der Waals surface area contributed by atoms with Gasteiger partial charge in [0.15, 0.2) is 0 Å². The summed E-state index contributed by atoms with van der Waals surface area (Å²) in [7, 11) is 1.64. The second kappa shape index (κ2) is 6.48. The smallest absolute Gasteiger partial charge is 0.306 e. The average molecular weight is 289 g/mol. The van der Waals surface area contributed by atoms with Gasteiger partial charge in [-0.2, -0.15) is 0 Å². The Kier molecular flexibility index (Phi) is 4.44. The molecule has 1 aromatic rings. The quantitative estimate of drug-likeness (QED) is 0.847. The number of benzene rings is 1. The standard InChI is InChI=1S/C17H23NO3/c1-20-16-4-2-3-12(9-16)11-21-17(19)10-13-7-14-5-6-15(8-13)18-14/h2-4,9,13-15,18H,5-8,10-11H2,1H3. The van der Waals surface area contributed by atoms with E-state index in [4.69, 9.17) is 9.47 Å². The number of hydrogen-bond acceptors (Lipinski definition) is 4. The highest BCUT2D eigenvalue weighted by Gasteiger charge is 2.34. The lowest BCUT2D eigenvalue weighted by Gasteiger charge is -2.28. The maximum absolute atomic E-state index is 12.0. The number of piperidine rings is 1. The van der Waals surface area contributed by atoms with Gasteiger partial charge < -0.3 is 14.8 Å². The Morgan fingerprint density at radius 3 is 2.76 bits per heavy atom. The van der Waals surface area contributed by atoms with Crippen LogP contribution >= 0.6 is 0 Å². The second-order valence-electron chi connectivity index (χ2n) is 6.19. The summed E-state index contributed by atoms with van der Waals surface area (Å²) in [5.74, 6) is 1.20. The van der Waals surface area contributed by atoms with Crippen LogP contribution < -0.4 is 10.1 Å². The van der Waals surface area contributed by atoms with Gasteiger partial charge in [-0.25, -0.2) is 0 Å². The molecule has 4 heteroatoms. The van der Waals surface area contributed by atoms with Gasteiger partial charge in [-0.05, 0) is 49.3 Å². The molecule has 114 valence electrons. The first-order chi connectivity index (χ1) is 10.2. The van der Waals surface area contributed by atoms with Crippen LogP contribution in [0.5, 0.6) is 5.75 Å². The van der Waals surface area contributed by atoms with Crippen molar-refractivity contribution < 1.29 is 14.3 Å². The third kappa shape index (κ3) is 3.76. The Bertz CT molecular complexity index is 491. The number of hydrogen-bond donors (Lipinski definition) is 1. The summed E-state index contributed by atoms with van der Waals surface area (Å²) in [5.41, 5.74) is 0.966. The number of methoxy groups -OCH3 is 1. The van der Waals surface area contributed by atoms with Gasteiger partial charge in [-0.15, -0.1) is 0 Å². The fourth-order valence-corrected chi connectivity index (χ4v) is 3.56. The molecule has 2 heterocycles. The van der Waals surface area contributed by atoms with Crippen LogP contribution in [0, 0.1) is 5.92 Å². The van der Waals surface area contributed by atoms with Crippen LogP contribution in [0.15, 0.2) is 24.3 Å². The van der Waals surface area contributed by atoms with Crippen molar-refractivity contribution in [3.63, 3.8) is 0 Å². The second-order valence-corrected chi connectivity index (χ2v) is 6.19. The van der Waals surface area contributed by atoms with E-state index < -0.39 is 0 Å². The molecule has 4 nitrogen and oxygen atoms in total. The van der Waals surface area contributed by atoms with Crippen LogP contribution in [0.1, 0.15) is 37.7 Å². The van der Waals surface area contributed by atoms with E-state index in [0.717, 1.165) is 24.2 Å². The molecule has 2 aliphatic heterocycles. The zero-order valence-electron chi connectivity index (χ0n) is 12.5. The minimum atomic E-state index is -0.0795. The van der Waals surface area contributed by atoms with Gasteiger partial charge in [-0.3, -0.25) is 4.79 Å². The van der Waals surface area contributed by atoms with Crippen LogP contribution in [-0.4, -0.2) is 25.2 Å². The van der Waals surface area contributed by atoms with Crippen molar-refractivity contribution >= 4 is 5.97 Å². The van der Waals surface area contributed by atoms with E-state index in [1.54, 1.807) is 7.11 Å². The predicted octanol–water partition coefficient (Wildman–Crippen LogP) is 2.66. The molecular weight excluding hydrogens is 266 g/mol. The molecule has 2 bridgehead atoms. The number of fused-ring (bicyclic) bond motifs is 2. The minimum Gasteiger partial charge on any atom is -0.497 e. The fraction of sp³-hybridized carbons (Fsp3) is 0.588. The molecular formula is C17H23NO3. The van der Waals surface area contributed by atoms with Crippen molar-refractivity contribution in [2.24, 2.45) is 5.92 Å². The number of carbonyl (C=O) groups excluding carboxylic acids is 1. The predicted molar refractivity (Wildman–Crippen MR) is 80.1 cm³/mol. The van der Waals surface area contributed by atoms with Gasteiger partial charge in [0.25, 0.3) is 0 Å². The Hall–Kier alpha value is -1.55. The van der Waals surface area contributed by atoms with E-state index in [2.05, 4.69) is 5.32 Å². The molecule has 0 radical (unpaired) electrons. The van der Waals surface area contributed by atoms with Gasteiger partial charge in [0, 0.05) is 18.5 Å². The molecule has 0 saturated carbocycles. The van der Waals surface area contributed by atoms with Crippen molar-refractivity contribution in [1.29, 1.82) is 0 Å². The normalized spacial score (nSPS) is 27.4. The largest absolute Gasteiger partial charge is 0.497 e. The molecule has 21 heavy (non-hydrogen) atoms.